The first kappa shape index (κ1) is 28.4. The van der Waals surface area contributed by atoms with Crippen LogP contribution in [0.3, 0.4) is 0 Å². The molecule has 1 heterocycles. The van der Waals surface area contributed by atoms with Gasteiger partial charge in [0.15, 0.2) is 0 Å². The number of nitrogens with one attached hydrogen (secondary N) is 2. The van der Waals surface area contributed by atoms with Gasteiger partial charge in [-0.25, -0.2) is 0 Å². The first-order valence-corrected chi connectivity index (χ1v) is 11.9. The molecule has 0 bridgehead atoms. The average molecular weight is 723 g/mol. The Morgan fingerprint density at radius 1 is 1.03 bits per heavy atom. The Labute approximate surface area is 231 Å². The summed E-state index contributed by atoms with van der Waals surface area (Å²) in [6.45, 7) is 0.721. The molecule has 3 aromatic rings. The standard InChI is InChI=1S/C18H14ClN2O2S.C7H11O2.U/c19-14-6-7-15-13(10-14)11-16(24-15)18(23)21-9-8-20-17(22)12-4-2-1-3-5-12;8-7(9)6-4-2-1-3-5-6;/h2-7,10-11H,8-9H2,(H,20,22)(H,21,23);1,6H,2-5H2,(H,8,9);/q2*-1;+2. The molecule has 1 saturated carbocycles. The van der Waals surface area contributed by atoms with Crippen LogP contribution in [0, 0.1) is 49.5 Å². The van der Waals surface area contributed by atoms with Crippen molar-refractivity contribution in [2.75, 3.05) is 13.1 Å². The van der Waals surface area contributed by atoms with E-state index in [0.29, 0.717) is 28.6 Å². The van der Waals surface area contributed by atoms with Crippen molar-refractivity contribution in [2.24, 2.45) is 5.92 Å². The molecule has 176 valence electrons. The summed E-state index contributed by atoms with van der Waals surface area (Å²) in [5, 5.41) is 15.7. The number of carboxylic acids is 1. The fourth-order valence-electron chi connectivity index (χ4n) is 3.38. The number of halogens is 1. The molecule has 6 nitrogen and oxygen atoms in total. The molecular weight excluding hydrogens is 698 g/mol. The number of carboxylic acid groups (broad SMARTS) is 1. The first-order chi connectivity index (χ1) is 15.9. The zero-order valence-corrected chi connectivity index (χ0v) is 24.2. The Hall–Kier alpha value is -1.85. The monoisotopic (exact) mass is 722 g/mol. The molecule has 1 aliphatic rings. The fourth-order valence-corrected chi connectivity index (χ4v) is 4.52. The van der Waals surface area contributed by atoms with Gasteiger partial charge in [0, 0.05) is 22.8 Å². The third kappa shape index (κ3) is 8.74. The predicted octanol–water partition coefficient (Wildman–Crippen LogP) is 4.98. The molecule has 0 saturated heterocycles. The maximum atomic E-state index is 12.2. The molecule has 0 radical (unpaired) electrons. The van der Waals surface area contributed by atoms with Crippen LogP contribution in [-0.4, -0.2) is 36.0 Å². The molecule has 1 aliphatic carbocycles. The molecule has 0 unspecified atom stereocenters. The Kier molecular flexibility index (Phi) is 12.1. The van der Waals surface area contributed by atoms with Crippen molar-refractivity contribution < 1.29 is 50.6 Å². The molecule has 1 aromatic heterocycles. The van der Waals surface area contributed by atoms with Crippen LogP contribution in [0.15, 0.2) is 48.5 Å². The van der Waals surface area contributed by atoms with Crippen molar-refractivity contribution in [3.63, 3.8) is 0 Å². The number of hydrogen-bond acceptors (Lipinski definition) is 4. The first-order valence-electron chi connectivity index (χ1n) is 10.7. The number of amides is 2. The van der Waals surface area contributed by atoms with Gasteiger partial charge in [0.2, 0.25) is 5.91 Å². The van der Waals surface area contributed by atoms with Gasteiger partial charge in [0.05, 0.1) is 10.8 Å². The van der Waals surface area contributed by atoms with Crippen LogP contribution in [0.5, 0.6) is 0 Å². The van der Waals surface area contributed by atoms with E-state index in [1.807, 2.05) is 18.2 Å². The summed E-state index contributed by atoms with van der Waals surface area (Å²) in [7, 11) is 0. The van der Waals surface area contributed by atoms with E-state index in [-0.39, 0.29) is 48.8 Å². The summed E-state index contributed by atoms with van der Waals surface area (Å²) in [6.07, 6.45) is 5.82. The second-order valence-corrected chi connectivity index (χ2v) is 9.09. The van der Waals surface area contributed by atoms with Crippen LogP contribution in [0.25, 0.3) is 10.1 Å². The van der Waals surface area contributed by atoms with E-state index in [1.165, 1.54) is 11.3 Å². The Morgan fingerprint density at radius 3 is 2.29 bits per heavy atom. The predicted molar refractivity (Wildman–Crippen MR) is 131 cm³/mol. The van der Waals surface area contributed by atoms with Gasteiger partial charge in [0.1, 0.15) is 0 Å². The number of fused-ring (bicyclic) bond motifs is 1. The zero-order chi connectivity index (χ0) is 23.6. The molecule has 2 aromatic carbocycles. The summed E-state index contributed by atoms with van der Waals surface area (Å²) >= 11 is 7.37. The third-order valence-electron chi connectivity index (χ3n) is 5.17. The minimum absolute atomic E-state index is 0. The summed E-state index contributed by atoms with van der Waals surface area (Å²) in [5.74, 6) is -1.01. The van der Waals surface area contributed by atoms with Gasteiger partial charge in [-0.3, -0.25) is 14.4 Å². The molecule has 1 fully saturated rings. The summed E-state index contributed by atoms with van der Waals surface area (Å²) in [5.41, 5.74) is 0.571. The molecule has 0 aliphatic heterocycles. The van der Waals surface area contributed by atoms with Crippen molar-refractivity contribution in [1.29, 1.82) is 0 Å². The smallest absolute Gasteiger partial charge is 0.481 e. The van der Waals surface area contributed by atoms with E-state index in [0.717, 1.165) is 35.8 Å². The zero-order valence-electron chi connectivity index (χ0n) is 18.5. The second kappa shape index (κ2) is 14.5. The van der Waals surface area contributed by atoms with Gasteiger partial charge >= 0.3 is 37.1 Å². The van der Waals surface area contributed by atoms with Gasteiger partial charge in [-0.2, -0.15) is 43.2 Å². The quantitative estimate of drug-likeness (QED) is 0.247. The van der Waals surface area contributed by atoms with E-state index in [9.17, 15) is 14.4 Å². The number of thiophene rings is 1. The maximum absolute atomic E-state index is 12.2. The second-order valence-electron chi connectivity index (χ2n) is 7.57. The fraction of sp³-hybridized carbons (Fsp3) is 0.280. The normalized spacial score (nSPS) is 13.2. The molecule has 34 heavy (non-hydrogen) atoms. The molecule has 0 spiro atoms. The van der Waals surface area contributed by atoms with E-state index in [1.54, 1.807) is 30.3 Å². The minimum Gasteiger partial charge on any atom is -0.481 e. The number of carbonyl (C=O) groups excluding carboxylic acids is 2. The van der Waals surface area contributed by atoms with E-state index in [2.05, 4.69) is 23.1 Å². The van der Waals surface area contributed by atoms with Gasteiger partial charge < -0.3 is 22.2 Å². The van der Waals surface area contributed by atoms with Crippen molar-refractivity contribution in [2.45, 2.75) is 25.7 Å². The van der Waals surface area contributed by atoms with Crippen LogP contribution in [0.2, 0.25) is 5.02 Å². The summed E-state index contributed by atoms with van der Waals surface area (Å²) < 4.78 is 1.01. The van der Waals surface area contributed by atoms with Crippen LogP contribution in [0.1, 0.15) is 45.7 Å². The topological polar surface area (TPSA) is 95.5 Å². The van der Waals surface area contributed by atoms with Crippen LogP contribution >= 0.6 is 22.9 Å². The Morgan fingerprint density at radius 2 is 1.68 bits per heavy atom. The summed E-state index contributed by atoms with van der Waals surface area (Å²) in [6, 6.07) is 17.0. The molecular formula is C25H25ClN2O4SU. The van der Waals surface area contributed by atoms with Gasteiger partial charge in [-0.15, -0.1) is 11.3 Å². The van der Waals surface area contributed by atoms with Crippen molar-refractivity contribution in [1.82, 2.24) is 10.6 Å². The molecule has 4 rings (SSSR count). The van der Waals surface area contributed by atoms with E-state index in [4.69, 9.17) is 16.7 Å². The molecule has 3 N–H and O–H groups in total. The number of aliphatic carboxylic acids is 1. The maximum Gasteiger partial charge on any atom is 2.00 e. The Balaban J connectivity index is 0.000000345. The van der Waals surface area contributed by atoms with Gasteiger partial charge in [-0.05, 0) is 29.7 Å². The van der Waals surface area contributed by atoms with Gasteiger partial charge in [-0.1, -0.05) is 30.0 Å². The van der Waals surface area contributed by atoms with Gasteiger partial charge in [0.25, 0.3) is 5.91 Å². The number of benzene rings is 2. The summed E-state index contributed by atoms with van der Waals surface area (Å²) in [4.78, 5) is 35.0. The van der Waals surface area contributed by atoms with E-state index < -0.39 is 5.97 Å². The van der Waals surface area contributed by atoms with Crippen LogP contribution < -0.4 is 10.6 Å². The molecule has 0 atom stereocenters. The molecule has 9 heteroatoms. The van der Waals surface area contributed by atoms with Crippen molar-refractivity contribution in [3.8, 4) is 0 Å². The number of carbonyl (C=O) groups is 3. The third-order valence-corrected chi connectivity index (χ3v) is 6.52. The van der Waals surface area contributed by atoms with Crippen molar-refractivity contribution in [3.05, 3.63) is 76.5 Å². The molecule has 2 amide bonds. The van der Waals surface area contributed by atoms with E-state index >= 15 is 0 Å². The van der Waals surface area contributed by atoms with Crippen LogP contribution in [0.4, 0.5) is 0 Å². The largest absolute Gasteiger partial charge is 2.00 e. The average Bonchev–Trinajstić information content (AvgIpc) is 3.26. The van der Waals surface area contributed by atoms with Crippen LogP contribution in [-0.2, 0) is 4.79 Å². The number of rotatable bonds is 6. The SMILES string of the molecule is O=C(NCCNC(=O)c1cc2cc(Cl)ccc2s1)c1cc[c-]cc1.O=C(O)C1CC[CH-]CC1.[U+2]. The minimum atomic E-state index is -0.622. The van der Waals surface area contributed by atoms with Crippen molar-refractivity contribution >= 4 is 50.8 Å². The number of hydrogen-bond donors (Lipinski definition) is 3. The Bertz CT molecular complexity index is 1100.